The van der Waals surface area contributed by atoms with Crippen LogP contribution in [0.2, 0.25) is 0 Å². The van der Waals surface area contributed by atoms with Crippen LogP contribution in [0.15, 0.2) is 66.9 Å². The summed E-state index contributed by atoms with van der Waals surface area (Å²) in [6, 6.07) is 16.5. The number of rotatable bonds is 12. The van der Waals surface area contributed by atoms with Crippen molar-refractivity contribution in [3.63, 3.8) is 0 Å². The maximum Gasteiger partial charge on any atom is 0.422 e. The van der Waals surface area contributed by atoms with Gasteiger partial charge < -0.3 is 9.47 Å². The monoisotopic (exact) mass is 543 g/mol. The minimum absolute atomic E-state index is 0.299. The van der Waals surface area contributed by atoms with E-state index in [0.29, 0.717) is 36.0 Å². The SMILES string of the molecule is CCCCCCOc1ccc(-c2ccc3c(F)c(CCc4ccc(OCC(F)(F)F)c(F)c4)ccc3c2)nc1. The average Bonchev–Trinajstić information content (AvgIpc) is 2.92. The molecule has 3 nitrogen and oxygen atoms in total. The van der Waals surface area contributed by atoms with Gasteiger partial charge in [0.25, 0.3) is 0 Å². The van der Waals surface area contributed by atoms with Crippen LogP contribution < -0.4 is 9.47 Å². The standard InChI is InChI=1S/C31H30F5NO2/c1-2-3-4-5-16-38-25-12-14-28(37-19-25)24-11-13-26-23(18-24)10-9-22(30(26)33)8-6-21-7-15-29(27(32)17-21)39-20-31(34,35)36/h7,9-15,17-19H,2-6,8,16,20H2,1H3. The molecule has 1 aromatic heterocycles. The van der Waals surface area contributed by atoms with Crippen LogP contribution in [0.25, 0.3) is 22.0 Å². The Hall–Kier alpha value is -3.68. The molecule has 3 aromatic carbocycles. The van der Waals surface area contributed by atoms with Gasteiger partial charge in [0.2, 0.25) is 0 Å². The van der Waals surface area contributed by atoms with Crippen LogP contribution in [0, 0.1) is 11.6 Å². The van der Waals surface area contributed by atoms with Gasteiger partial charge in [-0.2, -0.15) is 13.2 Å². The van der Waals surface area contributed by atoms with Gasteiger partial charge in [-0.05, 0) is 66.1 Å². The molecule has 1 heterocycles. The molecule has 4 rings (SSSR count). The quantitative estimate of drug-likeness (QED) is 0.132. The first-order valence-corrected chi connectivity index (χ1v) is 13.0. The molecule has 0 aliphatic carbocycles. The maximum absolute atomic E-state index is 15.3. The number of alkyl halides is 3. The fourth-order valence-corrected chi connectivity index (χ4v) is 4.30. The molecule has 0 unspecified atom stereocenters. The summed E-state index contributed by atoms with van der Waals surface area (Å²) in [7, 11) is 0. The van der Waals surface area contributed by atoms with Gasteiger partial charge in [-0.3, -0.25) is 4.98 Å². The maximum atomic E-state index is 15.3. The predicted molar refractivity (Wildman–Crippen MR) is 142 cm³/mol. The van der Waals surface area contributed by atoms with Crippen LogP contribution in [0.5, 0.6) is 11.5 Å². The number of pyridine rings is 1. The average molecular weight is 544 g/mol. The highest BCUT2D eigenvalue weighted by Gasteiger charge is 2.29. The van der Waals surface area contributed by atoms with Crippen molar-refractivity contribution in [1.82, 2.24) is 4.98 Å². The summed E-state index contributed by atoms with van der Waals surface area (Å²) in [6.07, 6.45) is 2.29. The minimum Gasteiger partial charge on any atom is -0.492 e. The van der Waals surface area contributed by atoms with Crippen molar-refractivity contribution in [3.05, 3.63) is 89.6 Å². The van der Waals surface area contributed by atoms with Gasteiger partial charge in [0.1, 0.15) is 11.6 Å². The number of fused-ring (bicyclic) bond motifs is 1. The molecule has 0 amide bonds. The van der Waals surface area contributed by atoms with E-state index >= 15 is 4.39 Å². The molecule has 0 radical (unpaired) electrons. The number of benzene rings is 3. The summed E-state index contributed by atoms with van der Waals surface area (Å²) in [5.74, 6) is -0.995. The van der Waals surface area contributed by atoms with E-state index in [4.69, 9.17) is 4.74 Å². The predicted octanol–water partition coefficient (Wildman–Crippen LogP) is 8.87. The highest BCUT2D eigenvalue weighted by atomic mass is 19.4. The Balaban J connectivity index is 1.39. The number of unbranched alkanes of at least 4 members (excludes halogenated alkanes) is 3. The lowest BCUT2D eigenvalue weighted by atomic mass is 9.98. The van der Waals surface area contributed by atoms with Gasteiger partial charge in [-0.1, -0.05) is 56.5 Å². The third kappa shape index (κ3) is 7.91. The summed E-state index contributed by atoms with van der Waals surface area (Å²) >= 11 is 0. The molecule has 0 fully saturated rings. The topological polar surface area (TPSA) is 31.4 Å². The van der Waals surface area contributed by atoms with E-state index in [1.165, 1.54) is 18.9 Å². The zero-order chi connectivity index (χ0) is 27.8. The molecule has 0 saturated heterocycles. The second kappa shape index (κ2) is 12.9. The van der Waals surface area contributed by atoms with Crippen molar-refractivity contribution in [3.8, 4) is 22.8 Å². The normalized spacial score (nSPS) is 11.6. The Morgan fingerprint density at radius 1 is 0.821 bits per heavy atom. The van der Waals surface area contributed by atoms with E-state index in [0.717, 1.165) is 47.4 Å². The van der Waals surface area contributed by atoms with Crippen LogP contribution in [0.3, 0.4) is 0 Å². The number of aromatic nitrogens is 1. The first-order valence-electron chi connectivity index (χ1n) is 13.0. The van der Waals surface area contributed by atoms with E-state index in [9.17, 15) is 17.6 Å². The van der Waals surface area contributed by atoms with Crippen LogP contribution in [-0.4, -0.2) is 24.4 Å². The minimum atomic E-state index is -4.55. The molecule has 0 bridgehead atoms. The summed E-state index contributed by atoms with van der Waals surface area (Å²) in [6.45, 7) is 1.26. The zero-order valence-corrected chi connectivity index (χ0v) is 21.7. The molecule has 206 valence electrons. The van der Waals surface area contributed by atoms with Gasteiger partial charge in [0, 0.05) is 10.9 Å². The number of nitrogens with zero attached hydrogens (tertiary/aromatic N) is 1. The molecule has 0 spiro atoms. The van der Waals surface area contributed by atoms with E-state index < -0.39 is 24.3 Å². The smallest absolute Gasteiger partial charge is 0.422 e. The van der Waals surface area contributed by atoms with Crippen molar-refractivity contribution < 1.29 is 31.4 Å². The highest BCUT2D eigenvalue weighted by molar-refractivity contribution is 5.88. The van der Waals surface area contributed by atoms with Gasteiger partial charge in [0.05, 0.1) is 18.5 Å². The Labute approximate surface area is 224 Å². The molecule has 0 aliphatic heterocycles. The van der Waals surface area contributed by atoms with Crippen molar-refractivity contribution in [2.75, 3.05) is 13.2 Å². The van der Waals surface area contributed by atoms with Crippen LogP contribution in [0.1, 0.15) is 43.7 Å². The number of ether oxygens (including phenoxy) is 2. The van der Waals surface area contributed by atoms with Crippen LogP contribution in [-0.2, 0) is 12.8 Å². The third-order valence-corrected chi connectivity index (χ3v) is 6.40. The second-order valence-corrected chi connectivity index (χ2v) is 9.43. The van der Waals surface area contributed by atoms with Crippen LogP contribution >= 0.6 is 0 Å². The Morgan fingerprint density at radius 3 is 2.38 bits per heavy atom. The second-order valence-electron chi connectivity index (χ2n) is 9.43. The van der Waals surface area contributed by atoms with Crippen molar-refractivity contribution in [2.24, 2.45) is 0 Å². The largest absolute Gasteiger partial charge is 0.492 e. The van der Waals surface area contributed by atoms with Crippen LogP contribution in [0.4, 0.5) is 22.0 Å². The summed E-state index contributed by atoms with van der Waals surface area (Å²) < 4.78 is 76.6. The first-order chi connectivity index (χ1) is 18.7. The number of hydrogen-bond donors (Lipinski definition) is 0. The molecular weight excluding hydrogens is 513 g/mol. The fraction of sp³-hybridized carbons (Fsp3) is 0.323. The lowest BCUT2D eigenvalue weighted by molar-refractivity contribution is -0.153. The Kier molecular flexibility index (Phi) is 9.38. The first kappa shape index (κ1) is 28.3. The third-order valence-electron chi connectivity index (χ3n) is 6.40. The molecule has 0 atom stereocenters. The van der Waals surface area contributed by atoms with Crippen molar-refractivity contribution in [2.45, 2.75) is 51.6 Å². The Bertz CT molecular complexity index is 1390. The zero-order valence-electron chi connectivity index (χ0n) is 21.7. The fourth-order valence-electron chi connectivity index (χ4n) is 4.30. The summed E-state index contributed by atoms with van der Waals surface area (Å²) in [5, 5.41) is 1.19. The lowest BCUT2D eigenvalue weighted by Crippen LogP contribution is -2.19. The van der Waals surface area contributed by atoms with E-state index in [-0.39, 0.29) is 5.82 Å². The van der Waals surface area contributed by atoms with Crippen molar-refractivity contribution >= 4 is 10.8 Å². The summed E-state index contributed by atoms with van der Waals surface area (Å²) in [5.41, 5.74) is 2.60. The molecule has 0 saturated carbocycles. The molecular formula is C31H30F5NO2. The highest BCUT2D eigenvalue weighted by Crippen LogP contribution is 2.29. The molecule has 0 N–H and O–H groups in total. The van der Waals surface area contributed by atoms with Gasteiger partial charge in [0.15, 0.2) is 18.2 Å². The molecule has 39 heavy (non-hydrogen) atoms. The Morgan fingerprint density at radius 2 is 1.67 bits per heavy atom. The molecule has 4 aromatic rings. The van der Waals surface area contributed by atoms with Gasteiger partial charge in [-0.25, -0.2) is 8.78 Å². The van der Waals surface area contributed by atoms with Crippen molar-refractivity contribution in [1.29, 1.82) is 0 Å². The van der Waals surface area contributed by atoms with Gasteiger partial charge >= 0.3 is 6.18 Å². The van der Waals surface area contributed by atoms with E-state index in [1.54, 1.807) is 18.3 Å². The molecule has 0 aliphatic rings. The summed E-state index contributed by atoms with van der Waals surface area (Å²) in [4.78, 5) is 4.50. The van der Waals surface area contributed by atoms with E-state index in [1.807, 2.05) is 30.3 Å². The van der Waals surface area contributed by atoms with Gasteiger partial charge in [-0.15, -0.1) is 0 Å². The number of halogens is 5. The number of aryl methyl sites for hydroxylation is 2. The number of hydrogen-bond acceptors (Lipinski definition) is 3. The van der Waals surface area contributed by atoms with E-state index in [2.05, 4.69) is 16.6 Å². The lowest BCUT2D eigenvalue weighted by Gasteiger charge is -2.11. The molecule has 8 heteroatoms.